The molecule has 2 aromatic rings. The zero-order chi connectivity index (χ0) is 13.4. The molecule has 3 rings (SSSR count). The maximum Gasteiger partial charge on any atom is 0.245 e. The number of carbonyl (C=O) groups is 1. The highest BCUT2D eigenvalue weighted by molar-refractivity contribution is 7.99. The van der Waals surface area contributed by atoms with Crippen LogP contribution >= 0.6 is 11.8 Å². The summed E-state index contributed by atoms with van der Waals surface area (Å²) < 4.78 is 0. The summed E-state index contributed by atoms with van der Waals surface area (Å²) in [7, 11) is 0. The third-order valence-corrected chi connectivity index (χ3v) is 3.75. The SMILES string of the molecule is Cc1cnc(Sc2ccc3c(c2)NC(=O)C3N)nc1. The number of amides is 1. The van der Waals surface area contributed by atoms with E-state index in [-0.39, 0.29) is 5.91 Å². The van der Waals surface area contributed by atoms with Crippen LogP contribution in [0.15, 0.2) is 40.6 Å². The second-order valence-electron chi connectivity index (χ2n) is 4.36. The molecule has 0 fully saturated rings. The molecule has 1 aliphatic rings. The molecule has 6 heteroatoms. The van der Waals surface area contributed by atoms with Crippen molar-refractivity contribution in [3.63, 3.8) is 0 Å². The molecule has 2 heterocycles. The molecule has 1 unspecified atom stereocenters. The summed E-state index contributed by atoms with van der Waals surface area (Å²) in [5.74, 6) is -0.163. The zero-order valence-corrected chi connectivity index (χ0v) is 11.1. The van der Waals surface area contributed by atoms with E-state index >= 15 is 0 Å². The smallest absolute Gasteiger partial charge is 0.245 e. The van der Waals surface area contributed by atoms with Crippen LogP contribution in [-0.4, -0.2) is 15.9 Å². The maximum absolute atomic E-state index is 11.5. The van der Waals surface area contributed by atoms with E-state index in [9.17, 15) is 4.79 Å². The van der Waals surface area contributed by atoms with Gasteiger partial charge < -0.3 is 11.1 Å². The number of hydrogen-bond donors (Lipinski definition) is 2. The molecule has 0 bridgehead atoms. The molecule has 0 radical (unpaired) electrons. The van der Waals surface area contributed by atoms with E-state index in [0.717, 1.165) is 21.7 Å². The van der Waals surface area contributed by atoms with Crippen LogP contribution in [-0.2, 0) is 4.79 Å². The molecular formula is C13H12N4OS. The van der Waals surface area contributed by atoms with Gasteiger partial charge in [0.25, 0.3) is 0 Å². The van der Waals surface area contributed by atoms with Gasteiger partial charge in [-0.15, -0.1) is 0 Å². The van der Waals surface area contributed by atoms with Gasteiger partial charge in [-0.05, 0) is 36.4 Å². The molecule has 1 amide bonds. The lowest BCUT2D eigenvalue weighted by Gasteiger charge is -2.04. The van der Waals surface area contributed by atoms with E-state index < -0.39 is 6.04 Å². The Bertz CT molecular complexity index is 642. The van der Waals surface area contributed by atoms with E-state index in [1.807, 2.05) is 25.1 Å². The topological polar surface area (TPSA) is 80.9 Å². The predicted molar refractivity (Wildman–Crippen MR) is 72.9 cm³/mol. The number of aryl methyl sites for hydroxylation is 1. The Kier molecular flexibility index (Phi) is 2.96. The summed E-state index contributed by atoms with van der Waals surface area (Å²) in [6.45, 7) is 1.95. The fraction of sp³-hybridized carbons (Fsp3) is 0.154. The number of carbonyl (C=O) groups excluding carboxylic acids is 1. The van der Waals surface area contributed by atoms with E-state index in [2.05, 4.69) is 15.3 Å². The molecule has 5 nitrogen and oxygen atoms in total. The molecule has 1 atom stereocenters. The first-order chi connectivity index (χ1) is 9.13. The van der Waals surface area contributed by atoms with Gasteiger partial charge in [0.05, 0.1) is 0 Å². The molecule has 3 N–H and O–H groups in total. The quantitative estimate of drug-likeness (QED) is 0.816. The first kappa shape index (κ1) is 12.1. The van der Waals surface area contributed by atoms with Crippen molar-refractivity contribution in [1.82, 2.24) is 9.97 Å². The van der Waals surface area contributed by atoms with Gasteiger partial charge in [0, 0.05) is 28.5 Å². The Morgan fingerprint density at radius 2 is 2.05 bits per heavy atom. The predicted octanol–water partition coefficient (Wildman–Crippen LogP) is 1.89. The monoisotopic (exact) mass is 272 g/mol. The summed E-state index contributed by atoms with van der Waals surface area (Å²) >= 11 is 1.45. The van der Waals surface area contributed by atoms with Crippen LogP contribution in [0.4, 0.5) is 5.69 Å². The highest BCUT2D eigenvalue weighted by Crippen LogP contribution is 2.34. The molecule has 0 saturated heterocycles. The molecule has 1 aliphatic heterocycles. The van der Waals surface area contributed by atoms with E-state index in [1.54, 1.807) is 12.4 Å². The number of rotatable bonds is 2. The summed E-state index contributed by atoms with van der Waals surface area (Å²) in [5.41, 5.74) is 8.40. The Labute approximate surface area is 114 Å². The van der Waals surface area contributed by atoms with Gasteiger partial charge in [-0.2, -0.15) is 0 Å². The summed E-state index contributed by atoms with van der Waals surface area (Å²) in [5, 5.41) is 3.44. The Morgan fingerprint density at radius 3 is 2.79 bits per heavy atom. The standard InChI is InChI=1S/C13H12N4OS/c1-7-5-15-13(16-6-7)19-8-2-3-9-10(4-8)17-12(18)11(9)14/h2-6,11H,14H2,1H3,(H,17,18). The number of benzene rings is 1. The van der Waals surface area contributed by atoms with Crippen LogP contribution in [0, 0.1) is 6.92 Å². The van der Waals surface area contributed by atoms with Crippen molar-refractivity contribution in [2.24, 2.45) is 5.73 Å². The molecule has 96 valence electrons. The normalized spacial score (nSPS) is 17.2. The fourth-order valence-corrected chi connectivity index (χ4v) is 2.60. The van der Waals surface area contributed by atoms with Gasteiger partial charge >= 0.3 is 0 Å². The third kappa shape index (κ3) is 2.32. The van der Waals surface area contributed by atoms with E-state index in [1.165, 1.54) is 11.8 Å². The van der Waals surface area contributed by atoms with Crippen LogP contribution in [0.25, 0.3) is 0 Å². The zero-order valence-electron chi connectivity index (χ0n) is 10.3. The van der Waals surface area contributed by atoms with Gasteiger partial charge in [-0.25, -0.2) is 9.97 Å². The number of hydrogen-bond acceptors (Lipinski definition) is 5. The lowest BCUT2D eigenvalue weighted by molar-refractivity contribution is -0.116. The number of anilines is 1. The van der Waals surface area contributed by atoms with E-state index in [4.69, 9.17) is 5.73 Å². The van der Waals surface area contributed by atoms with Crippen molar-refractivity contribution in [3.8, 4) is 0 Å². The van der Waals surface area contributed by atoms with Crippen LogP contribution in [0.2, 0.25) is 0 Å². The first-order valence-electron chi connectivity index (χ1n) is 5.80. The van der Waals surface area contributed by atoms with Crippen LogP contribution < -0.4 is 11.1 Å². The van der Waals surface area contributed by atoms with Crippen molar-refractivity contribution in [1.29, 1.82) is 0 Å². The molecule has 0 spiro atoms. The summed E-state index contributed by atoms with van der Waals surface area (Å²) in [6.07, 6.45) is 3.56. The lowest BCUT2D eigenvalue weighted by atomic mass is 10.1. The highest BCUT2D eigenvalue weighted by Gasteiger charge is 2.27. The van der Waals surface area contributed by atoms with Crippen molar-refractivity contribution in [2.45, 2.75) is 23.0 Å². The van der Waals surface area contributed by atoms with Crippen LogP contribution in [0.5, 0.6) is 0 Å². The van der Waals surface area contributed by atoms with Gasteiger partial charge in [0.15, 0.2) is 5.16 Å². The number of nitrogens with zero attached hydrogens (tertiary/aromatic N) is 2. The average Bonchev–Trinajstić information content (AvgIpc) is 2.68. The number of fused-ring (bicyclic) bond motifs is 1. The Hall–Kier alpha value is -1.92. The second kappa shape index (κ2) is 4.64. The number of nitrogens with two attached hydrogens (primary N) is 1. The van der Waals surface area contributed by atoms with Gasteiger partial charge in [0.2, 0.25) is 5.91 Å². The molecule has 19 heavy (non-hydrogen) atoms. The highest BCUT2D eigenvalue weighted by atomic mass is 32.2. The minimum Gasteiger partial charge on any atom is -0.324 e. The van der Waals surface area contributed by atoms with Crippen molar-refractivity contribution in [2.75, 3.05) is 5.32 Å². The largest absolute Gasteiger partial charge is 0.324 e. The maximum atomic E-state index is 11.5. The van der Waals surface area contributed by atoms with Crippen molar-refractivity contribution >= 4 is 23.4 Å². The molecule has 1 aromatic heterocycles. The Balaban J connectivity index is 1.86. The lowest BCUT2D eigenvalue weighted by Crippen LogP contribution is -2.19. The van der Waals surface area contributed by atoms with E-state index in [0.29, 0.717) is 5.16 Å². The fourth-order valence-electron chi connectivity index (χ4n) is 1.87. The minimum atomic E-state index is -0.565. The minimum absolute atomic E-state index is 0.163. The Morgan fingerprint density at radius 1 is 1.32 bits per heavy atom. The molecule has 0 aliphatic carbocycles. The van der Waals surface area contributed by atoms with Gasteiger partial charge in [0.1, 0.15) is 6.04 Å². The van der Waals surface area contributed by atoms with Crippen molar-refractivity contribution < 1.29 is 4.79 Å². The molecule has 1 aromatic carbocycles. The first-order valence-corrected chi connectivity index (χ1v) is 6.62. The molecule has 0 saturated carbocycles. The van der Waals surface area contributed by atoms with Gasteiger partial charge in [-0.3, -0.25) is 4.79 Å². The summed E-state index contributed by atoms with van der Waals surface area (Å²) in [4.78, 5) is 20.9. The second-order valence-corrected chi connectivity index (χ2v) is 5.40. The molecular weight excluding hydrogens is 260 g/mol. The van der Waals surface area contributed by atoms with Crippen LogP contribution in [0.1, 0.15) is 17.2 Å². The van der Waals surface area contributed by atoms with Gasteiger partial charge in [-0.1, -0.05) is 6.07 Å². The van der Waals surface area contributed by atoms with Crippen molar-refractivity contribution in [3.05, 3.63) is 41.7 Å². The number of aromatic nitrogens is 2. The number of nitrogens with one attached hydrogen (secondary N) is 1. The average molecular weight is 272 g/mol. The van der Waals surface area contributed by atoms with Crippen LogP contribution in [0.3, 0.4) is 0 Å². The third-order valence-electron chi connectivity index (χ3n) is 2.87. The summed E-state index contributed by atoms with van der Waals surface area (Å²) in [6, 6.07) is 5.12.